The molecule has 1 heterocycles. The molecule has 1 saturated heterocycles. The lowest BCUT2D eigenvalue weighted by Gasteiger charge is -2.22. The highest BCUT2D eigenvalue weighted by molar-refractivity contribution is 7.89. The van der Waals surface area contributed by atoms with Gasteiger partial charge in [0.1, 0.15) is 5.82 Å². The van der Waals surface area contributed by atoms with Gasteiger partial charge in [0.25, 0.3) is 5.91 Å². The Kier molecular flexibility index (Phi) is 6.15. The first-order chi connectivity index (χ1) is 13.3. The number of hydrogen-bond donors (Lipinski definition) is 0. The van der Waals surface area contributed by atoms with Gasteiger partial charge in [-0.2, -0.15) is 4.31 Å². The van der Waals surface area contributed by atoms with Gasteiger partial charge in [-0.1, -0.05) is 38.1 Å². The van der Waals surface area contributed by atoms with Gasteiger partial charge in [-0.3, -0.25) is 4.79 Å². The van der Waals surface area contributed by atoms with Crippen LogP contribution in [0.3, 0.4) is 0 Å². The lowest BCUT2D eigenvalue weighted by Crippen LogP contribution is -2.37. The highest BCUT2D eigenvalue weighted by Gasteiger charge is 2.29. The summed E-state index contributed by atoms with van der Waals surface area (Å²) in [5.41, 5.74) is 1.10. The summed E-state index contributed by atoms with van der Waals surface area (Å²) >= 11 is 0. The number of carbonyl (C=O) groups is 1. The van der Waals surface area contributed by atoms with E-state index in [1.807, 2.05) is 12.1 Å². The molecule has 2 aromatic carbocycles. The Hall–Kier alpha value is -2.25. The average Bonchev–Trinajstić information content (AvgIpc) is 2.95. The van der Waals surface area contributed by atoms with Crippen LogP contribution in [0.2, 0.25) is 0 Å². The van der Waals surface area contributed by atoms with Crippen LogP contribution < -0.4 is 0 Å². The summed E-state index contributed by atoms with van der Waals surface area (Å²) in [5, 5.41) is 0. The zero-order chi connectivity index (χ0) is 20.3. The molecule has 1 aliphatic heterocycles. The molecule has 7 heteroatoms. The molecule has 1 amide bonds. The first-order valence-electron chi connectivity index (χ1n) is 9.44. The number of rotatable bonds is 4. The summed E-state index contributed by atoms with van der Waals surface area (Å²) in [6.07, 6.45) is 0.503. The molecule has 0 aromatic heterocycles. The number of amides is 1. The Morgan fingerprint density at radius 3 is 2.29 bits per heavy atom. The average molecular weight is 405 g/mol. The molecule has 1 fully saturated rings. The molecule has 5 nitrogen and oxygen atoms in total. The van der Waals surface area contributed by atoms with Crippen LogP contribution in [0.5, 0.6) is 0 Å². The summed E-state index contributed by atoms with van der Waals surface area (Å²) in [4.78, 5) is 14.4. The van der Waals surface area contributed by atoms with E-state index in [0.29, 0.717) is 25.4 Å². The third-order valence-corrected chi connectivity index (χ3v) is 6.94. The van der Waals surface area contributed by atoms with Gasteiger partial charge in [-0.05, 0) is 42.2 Å². The minimum absolute atomic E-state index is 0.0167. The summed E-state index contributed by atoms with van der Waals surface area (Å²) < 4.78 is 41.3. The Balaban J connectivity index is 1.74. The van der Waals surface area contributed by atoms with E-state index in [2.05, 4.69) is 13.8 Å². The second kappa shape index (κ2) is 8.41. The van der Waals surface area contributed by atoms with Crippen LogP contribution in [0.4, 0.5) is 4.39 Å². The Morgan fingerprint density at radius 2 is 1.64 bits per heavy atom. The van der Waals surface area contributed by atoms with Crippen molar-refractivity contribution in [2.45, 2.75) is 31.1 Å². The van der Waals surface area contributed by atoms with E-state index in [1.165, 1.54) is 27.4 Å². The van der Waals surface area contributed by atoms with Crippen molar-refractivity contribution in [1.29, 1.82) is 0 Å². The fraction of sp³-hybridized carbons (Fsp3) is 0.381. The van der Waals surface area contributed by atoms with Crippen LogP contribution in [-0.4, -0.2) is 49.7 Å². The topological polar surface area (TPSA) is 57.7 Å². The molecule has 0 N–H and O–H groups in total. The van der Waals surface area contributed by atoms with Crippen molar-refractivity contribution in [3.05, 3.63) is 65.5 Å². The molecular weight excluding hydrogens is 379 g/mol. The van der Waals surface area contributed by atoms with Crippen molar-refractivity contribution in [2.24, 2.45) is 0 Å². The van der Waals surface area contributed by atoms with E-state index in [0.717, 1.165) is 5.56 Å². The Morgan fingerprint density at radius 1 is 0.964 bits per heavy atom. The molecule has 0 atom stereocenters. The molecule has 0 radical (unpaired) electrons. The summed E-state index contributed by atoms with van der Waals surface area (Å²) in [6.45, 7) is 5.25. The number of halogens is 1. The number of sulfonamides is 1. The maximum absolute atomic E-state index is 13.9. The molecule has 0 saturated carbocycles. The fourth-order valence-electron chi connectivity index (χ4n) is 3.32. The van der Waals surface area contributed by atoms with Crippen LogP contribution in [0.15, 0.2) is 53.4 Å². The molecule has 3 rings (SSSR count). The molecule has 0 aliphatic carbocycles. The Bertz CT molecular complexity index is 942. The predicted molar refractivity (Wildman–Crippen MR) is 106 cm³/mol. The van der Waals surface area contributed by atoms with Crippen molar-refractivity contribution >= 4 is 15.9 Å². The minimum atomic E-state index is -3.63. The predicted octanol–water partition coefficient (Wildman–Crippen LogP) is 3.49. The van der Waals surface area contributed by atoms with Gasteiger partial charge >= 0.3 is 0 Å². The summed E-state index contributed by atoms with van der Waals surface area (Å²) in [5.74, 6) is -0.641. The van der Waals surface area contributed by atoms with Crippen LogP contribution in [0.1, 0.15) is 42.1 Å². The number of hydrogen-bond acceptors (Lipinski definition) is 3. The standard InChI is InChI=1S/C21H25FN2O3S/c1-16(2)17-8-10-18(11-9-17)28(26,27)24-13-5-12-23(14-15-24)21(25)19-6-3-4-7-20(19)22/h3-4,6-11,16H,5,12-15H2,1-2H3. The van der Waals surface area contributed by atoms with E-state index in [-0.39, 0.29) is 23.5 Å². The monoisotopic (exact) mass is 404 g/mol. The van der Waals surface area contributed by atoms with Crippen molar-refractivity contribution < 1.29 is 17.6 Å². The molecule has 0 unspecified atom stereocenters. The maximum atomic E-state index is 13.9. The normalized spacial score (nSPS) is 16.2. The van der Waals surface area contributed by atoms with Gasteiger partial charge < -0.3 is 4.90 Å². The second-order valence-electron chi connectivity index (χ2n) is 7.25. The number of benzene rings is 2. The maximum Gasteiger partial charge on any atom is 0.256 e. The third kappa shape index (κ3) is 4.25. The first-order valence-corrected chi connectivity index (χ1v) is 10.9. The molecule has 1 aliphatic rings. The zero-order valence-corrected chi connectivity index (χ0v) is 17.0. The number of carbonyl (C=O) groups excluding carboxylic acids is 1. The SMILES string of the molecule is CC(C)c1ccc(S(=O)(=O)N2CCCN(C(=O)c3ccccc3F)CC2)cc1. The number of nitrogens with zero attached hydrogens (tertiary/aromatic N) is 2. The summed E-state index contributed by atoms with van der Waals surface area (Å²) in [6, 6.07) is 12.8. The van der Waals surface area contributed by atoms with Crippen LogP contribution >= 0.6 is 0 Å². The smallest absolute Gasteiger partial charge is 0.256 e. The molecule has 2 aromatic rings. The molecule has 0 bridgehead atoms. The lowest BCUT2D eigenvalue weighted by molar-refractivity contribution is 0.0759. The fourth-order valence-corrected chi connectivity index (χ4v) is 4.79. The van der Waals surface area contributed by atoms with Crippen LogP contribution in [0.25, 0.3) is 0 Å². The van der Waals surface area contributed by atoms with Gasteiger partial charge in [-0.15, -0.1) is 0 Å². The Labute approximate surface area is 165 Å². The van der Waals surface area contributed by atoms with Crippen molar-refractivity contribution in [2.75, 3.05) is 26.2 Å². The second-order valence-corrected chi connectivity index (χ2v) is 9.19. The third-order valence-electron chi connectivity index (χ3n) is 5.03. The van der Waals surface area contributed by atoms with Gasteiger partial charge in [0.2, 0.25) is 10.0 Å². The van der Waals surface area contributed by atoms with Crippen molar-refractivity contribution in [3.63, 3.8) is 0 Å². The molecular formula is C21H25FN2O3S. The van der Waals surface area contributed by atoms with E-state index in [9.17, 15) is 17.6 Å². The van der Waals surface area contributed by atoms with Crippen molar-refractivity contribution in [3.8, 4) is 0 Å². The molecule has 0 spiro atoms. The van der Waals surface area contributed by atoms with Crippen LogP contribution in [-0.2, 0) is 10.0 Å². The minimum Gasteiger partial charge on any atom is -0.337 e. The van der Waals surface area contributed by atoms with Gasteiger partial charge in [0.15, 0.2) is 0 Å². The van der Waals surface area contributed by atoms with Gasteiger partial charge in [0, 0.05) is 26.2 Å². The first kappa shape index (κ1) is 20.5. The van der Waals surface area contributed by atoms with E-state index < -0.39 is 21.7 Å². The quantitative estimate of drug-likeness (QED) is 0.784. The van der Waals surface area contributed by atoms with Gasteiger partial charge in [-0.25, -0.2) is 12.8 Å². The molecule has 150 valence electrons. The van der Waals surface area contributed by atoms with E-state index >= 15 is 0 Å². The summed E-state index contributed by atoms with van der Waals surface area (Å²) in [7, 11) is -3.63. The highest BCUT2D eigenvalue weighted by Crippen LogP contribution is 2.22. The largest absolute Gasteiger partial charge is 0.337 e. The van der Waals surface area contributed by atoms with Gasteiger partial charge in [0.05, 0.1) is 10.5 Å². The lowest BCUT2D eigenvalue weighted by atomic mass is 10.0. The molecule has 28 heavy (non-hydrogen) atoms. The van der Waals surface area contributed by atoms with Crippen LogP contribution in [0, 0.1) is 5.82 Å². The van der Waals surface area contributed by atoms with Crippen molar-refractivity contribution in [1.82, 2.24) is 9.21 Å². The van der Waals surface area contributed by atoms with E-state index in [4.69, 9.17) is 0 Å². The highest BCUT2D eigenvalue weighted by atomic mass is 32.2. The zero-order valence-electron chi connectivity index (χ0n) is 16.1. The van der Waals surface area contributed by atoms with E-state index in [1.54, 1.807) is 18.2 Å².